The predicted octanol–water partition coefficient (Wildman–Crippen LogP) is 4.43. The van der Waals surface area contributed by atoms with Crippen molar-refractivity contribution >= 4 is 5.91 Å². The summed E-state index contributed by atoms with van der Waals surface area (Å²) in [6.07, 6.45) is 1.44. The first kappa shape index (κ1) is 20.5. The van der Waals surface area contributed by atoms with Gasteiger partial charge in [0, 0.05) is 13.0 Å². The molecule has 0 radical (unpaired) electrons. The van der Waals surface area contributed by atoms with E-state index >= 15 is 0 Å². The zero-order valence-corrected chi connectivity index (χ0v) is 17.3. The van der Waals surface area contributed by atoms with E-state index < -0.39 is 0 Å². The zero-order valence-electron chi connectivity index (χ0n) is 17.3. The number of benzene rings is 3. The van der Waals surface area contributed by atoms with Gasteiger partial charge in [-0.3, -0.25) is 4.79 Å². The summed E-state index contributed by atoms with van der Waals surface area (Å²) in [4.78, 5) is 17.2. The monoisotopic (exact) mass is 414 g/mol. The Labute approximate surface area is 180 Å². The lowest BCUT2D eigenvalue weighted by Crippen LogP contribution is -2.24. The Morgan fingerprint density at radius 1 is 0.935 bits per heavy atom. The fourth-order valence-electron chi connectivity index (χ4n) is 3.33. The number of halogens is 1. The highest BCUT2D eigenvalue weighted by atomic mass is 19.1. The predicted molar refractivity (Wildman–Crippen MR) is 118 cm³/mol. The van der Waals surface area contributed by atoms with Gasteiger partial charge in [-0.2, -0.15) is 0 Å². The van der Waals surface area contributed by atoms with E-state index in [4.69, 9.17) is 0 Å². The number of nitrogens with one attached hydrogen (secondary N) is 1. The van der Waals surface area contributed by atoms with Crippen LogP contribution in [0.25, 0.3) is 5.69 Å². The Bertz CT molecular complexity index is 1170. The number of hydrogen-bond acceptors (Lipinski definition) is 3. The molecule has 1 heterocycles. The van der Waals surface area contributed by atoms with Crippen LogP contribution in [0.15, 0.2) is 78.9 Å². The molecule has 31 heavy (non-hydrogen) atoms. The molecule has 156 valence electrons. The third kappa shape index (κ3) is 5.22. The molecule has 0 saturated carbocycles. The maximum atomic E-state index is 13.1. The second kappa shape index (κ2) is 9.34. The van der Waals surface area contributed by atoms with Gasteiger partial charge < -0.3 is 5.32 Å². The minimum absolute atomic E-state index is 0.117. The van der Waals surface area contributed by atoms with Gasteiger partial charge >= 0.3 is 0 Å². The Morgan fingerprint density at radius 2 is 1.71 bits per heavy atom. The van der Waals surface area contributed by atoms with E-state index in [-0.39, 0.29) is 24.1 Å². The SMILES string of the molecule is Cc1cccc(-n2nc(C(=O)NCc3ccc(F)cc3)nc2CCc2ccccc2)c1. The molecule has 4 rings (SSSR count). The number of carbonyl (C=O) groups is 1. The fraction of sp³-hybridized carbons (Fsp3) is 0.160. The van der Waals surface area contributed by atoms with Crippen molar-refractivity contribution in [3.05, 3.63) is 113 Å². The molecule has 4 aromatic rings. The molecule has 0 fully saturated rings. The molecule has 0 atom stereocenters. The lowest BCUT2D eigenvalue weighted by Gasteiger charge is -2.07. The van der Waals surface area contributed by atoms with Crippen molar-refractivity contribution in [1.29, 1.82) is 0 Å². The second-order valence-electron chi connectivity index (χ2n) is 7.40. The number of rotatable bonds is 7. The zero-order chi connectivity index (χ0) is 21.6. The smallest absolute Gasteiger partial charge is 0.291 e. The number of aryl methyl sites for hydroxylation is 3. The van der Waals surface area contributed by atoms with Gasteiger partial charge in [0.2, 0.25) is 5.82 Å². The van der Waals surface area contributed by atoms with Gasteiger partial charge in [0.15, 0.2) is 0 Å². The standard InChI is InChI=1S/C25H23FN4O/c1-18-6-5-9-22(16-18)30-23(15-12-19-7-3-2-4-8-19)28-24(29-30)25(31)27-17-20-10-13-21(26)14-11-20/h2-11,13-14,16H,12,15,17H2,1H3,(H,27,31). The van der Waals surface area contributed by atoms with Crippen LogP contribution in [0.1, 0.15) is 33.1 Å². The van der Waals surface area contributed by atoms with E-state index in [1.165, 1.54) is 17.7 Å². The van der Waals surface area contributed by atoms with Crippen LogP contribution in [0.2, 0.25) is 0 Å². The summed E-state index contributed by atoms with van der Waals surface area (Å²) < 4.78 is 14.8. The van der Waals surface area contributed by atoms with Crippen molar-refractivity contribution in [2.45, 2.75) is 26.3 Å². The van der Waals surface area contributed by atoms with Crippen molar-refractivity contribution < 1.29 is 9.18 Å². The molecule has 3 aromatic carbocycles. The van der Waals surface area contributed by atoms with Crippen molar-refractivity contribution in [2.24, 2.45) is 0 Å². The van der Waals surface area contributed by atoms with E-state index in [9.17, 15) is 9.18 Å². The lowest BCUT2D eigenvalue weighted by atomic mass is 10.1. The van der Waals surface area contributed by atoms with Crippen LogP contribution in [0, 0.1) is 12.7 Å². The Balaban J connectivity index is 1.55. The molecule has 0 saturated heterocycles. The molecular weight excluding hydrogens is 391 g/mol. The van der Waals surface area contributed by atoms with Gasteiger partial charge in [-0.15, -0.1) is 5.10 Å². The number of hydrogen-bond donors (Lipinski definition) is 1. The topological polar surface area (TPSA) is 59.8 Å². The van der Waals surface area contributed by atoms with Crippen LogP contribution in [-0.2, 0) is 19.4 Å². The number of nitrogens with zero attached hydrogens (tertiary/aromatic N) is 3. The third-order valence-electron chi connectivity index (χ3n) is 4.97. The van der Waals surface area contributed by atoms with Gasteiger partial charge in [-0.05, 0) is 54.3 Å². The van der Waals surface area contributed by atoms with Gasteiger partial charge in [-0.1, -0.05) is 54.6 Å². The molecular formula is C25H23FN4O. The minimum atomic E-state index is -0.364. The summed E-state index contributed by atoms with van der Waals surface area (Å²) in [5, 5.41) is 7.31. The summed E-state index contributed by atoms with van der Waals surface area (Å²) in [7, 11) is 0. The number of carbonyl (C=O) groups excluding carboxylic acids is 1. The lowest BCUT2D eigenvalue weighted by molar-refractivity contribution is 0.0940. The first-order valence-electron chi connectivity index (χ1n) is 10.2. The summed E-state index contributed by atoms with van der Waals surface area (Å²) in [6, 6.07) is 24.1. The molecule has 6 heteroatoms. The normalized spacial score (nSPS) is 10.8. The molecule has 1 aromatic heterocycles. The first-order valence-corrected chi connectivity index (χ1v) is 10.2. The van der Waals surface area contributed by atoms with Crippen LogP contribution in [0.5, 0.6) is 0 Å². The highest BCUT2D eigenvalue weighted by molar-refractivity contribution is 5.90. The van der Waals surface area contributed by atoms with Crippen LogP contribution < -0.4 is 5.32 Å². The first-order chi connectivity index (χ1) is 15.1. The van der Waals surface area contributed by atoms with E-state index in [1.54, 1.807) is 16.8 Å². The van der Waals surface area contributed by atoms with Gasteiger partial charge in [0.1, 0.15) is 11.6 Å². The molecule has 0 aliphatic heterocycles. The van der Waals surface area contributed by atoms with Crippen molar-refractivity contribution in [3.8, 4) is 5.69 Å². The molecule has 5 nitrogen and oxygen atoms in total. The van der Waals surface area contributed by atoms with Crippen molar-refractivity contribution in [3.63, 3.8) is 0 Å². The largest absolute Gasteiger partial charge is 0.345 e. The summed E-state index contributed by atoms with van der Waals surface area (Å²) in [5.74, 6) is 0.168. The van der Waals surface area contributed by atoms with Crippen LogP contribution in [0.4, 0.5) is 4.39 Å². The maximum absolute atomic E-state index is 13.1. The summed E-state index contributed by atoms with van der Waals surface area (Å²) in [5.41, 5.74) is 3.97. The Kier molecular flexibility index (Phi) is 6.17. The molecule has 1 amide bonds. The highest BCUT2D eigenvalue weighted by Crippen LogP contribution is 2.14. The van der Waals surface area contributed by atoms with Crippen molar-refractivity contribution in [2.75, 3.05) is 0 Å². The van der Waals surface area contributed by atoms with Crippen LogP contribution in [-0.4, -0.2) is 20.7 Å². The number of amides is 1. The number of aromatic nitrogens is 3. The van der Waals surface area contributed by atoms with Crippen molar-refractivity contribution in [1.82, 2.24) is 20.1 Å². The highest BCUT2D eigenvalue weighted by Gasteiger charge is 2.17. The molecule has 0 aliphatic rings. The maximum Gasteiger partial charge on any atom is 0.291 e. The van der Waals surface area contributed by atoms with Gasteiger partial charge in [0.25, 0.3) is 5.91 Å². The Morgan fingerprint density at radius 3 is 2.45 bits per heavy atom. The van der Waals surface area contributed by atoms with E-state index in [0.29, 0.717) is 6.42 Å². The molecule has 0 unspecified atom stereocenters. The van der Waals surface area contributed by atoms with E-state index in [2.05, 4.69) is 27.5 Å². The molecule has 0 spiro atoms. The quantitative estimate of drug-likeness (QED) is 0.487. The van der Waals surface area contributed by atoms with E-state index in [0.717, 1.165) is 29.1 Å². The minimum Gasteiger partial charge on any atom is -0.345 e. The van der Waals surface area contributed by atoms with E-state index in [1.807, 2.05) is 49.4 Å². The summed E-state index contributed by atoms with van der Waals surface area (Å²) in [6.45, 7) is 2.29. The summed E-state index contributed by atoms with van der Waals surface area (Å²) >= 11 is 0. The average molecular weight is 414 g/mol. The molecule has 1 N–H and O–H groups in total. The van der Waals surface area contributed by atoms with Crippen LogP contribution >= 0.6 is 0 Å². The molecule has 0 aliphatic carbocycles. The molecule has 0 bridgehead atoms. The third-order valence-corrected chi connectivity index (χ3v) is 4.97. The van der Waals surface area contributed by atoms with Crippen LogP contribution in [0.3, 0.4) is 0 Å². The fourth-order valence-corrected chi connectivity index (χ4v) is 3.33. The van der Waals surface area contributed by atoms with Gasteiger partial charge in [0.05, 0.1) is 5.69 Å². The van der Waals surface area contributed by atoms with Gasteiger partial charge in [-0.25, -0.2) is 14.1 Å². The second-order valence-corrected chi connectivity index (χ2v) is 7.40. The Hall–Kier alpha value is -3.80. The average Bonchev–Trinajstić information content (AvgIpc) is 3.22.